The lowest BCUT2D eigenvalue weighted by molar-refractivity contribution is -0.126. The van der Waals surface area contributed by atoms with E-state index in [1.807, 2.05) is 64.3 Å². The normalized spacial score (nSPS) is 13.8. The average Bonchev–Trinajstić information content (AvgIpc) is 3.35. The molecule has 1 aliphatic rings. The summed E-state index contributed by atoms with van der Waals surface area (Å²) in [5.74, 6) is 1.42. The Hall–Kier alpha value is -4.46. The Morgan fingerprint density at radius 2 is 1.67 bits per heavy atom. The van der Waals surface area contributed by atoms with Crippen molar-refractivity contribution in [3.63, 3.8) is 0 Å². The standard InChI is InChI=1S/C28H28N6O2/c1-36-25-11-6-5-10-24(25)27-23(21-34(31-27)20-22-8-3-2-4-9-22)12-13-26(35)32-16-18-33(19-17-32)28-29-14-7-15-30-28/h2-15,21H,16-20H2,1H3/b13-12+. The average molecular weight is 481 g/mol. The summed E-state index contributed by atoms with van der Waals surface area (Å²) < 4.78 is 7.49. The number of nitrogens with zero attached hydrogens (tertiary/aromatic N) is 6. The summed E-state index contributed by atoms with van der Waals surface area (Å²) in [6.45, 7) is 3.27. The van der Waals surface area contributed by atoms with E-state index in [1.165, 1.54) is 0 Å². The van der Waals surface area contributed by atoms with Crippen molar-refractivity contribution < 1.29 is 9.53 Å². The maximum atomic E-state index is 13.0. The van der Waals surface area contributed by atoms with Gasteiger partial charge in [-0.15, -0.1) is 0 Å². The number of benzene rings is 2. The molecular formula is C28H28N6O2. The van der Waals surface area contributed by atoms with Gasteiger partial charge in [0.25, 0.3) is 0 Å². The van der Waals surface area contributed by atoms with E-state index < -0.39 is 0 Å². The number of ether oxygens (including phenoxy) is 1. The molecule has 8 heteroatoms. The van der Waals surface area contributed by atoms with Gasteiger partial charge in [-0.2, -0.15) is 5.10 Å². The summed E-state index contributed by atoms with van der Waals surface area (Å²) in [5, 5.41) is 4.86. The molecule has 0 bridgehead atoms. The highest BCUT2D eigenvalue weighted by Crippen LogP contribution is 2.32. The number of hydrogen-bond donors (Lipinski definition) is 0. The van der Waals surface area contributed by atoms with Crippen molar-refractivity contribution in [3.05, 3.63) is 96.5 Å². The minimum atomic E-state index is -0.0228. The van der Waals surface area contributed by atoms with Crippen molar-refractivity contribution in [1.29, 1.82) is 0 Å². The highest BCUT2D eigenvalue weighted by Gasteiger charge is 2.21. The van der Waals surface area contributed by atoms with Crippen LogP contribution < -0.4 is 9.64 Å². The molecule has 1 aliphatic heterocycles. The van der Waals surface area contributed by atoms with Crippen LogP contribution in [0, 0.1) is 0 Å². The van der Waals surface area contributed by atoms with Gasteiger partial charge in [-0.05, 0) is 29.8 Å². The molecule has 1 saturated heterocycles. The van der Waals surface area contributed by atoms with Gasteiger partial charge in [-0.25, -0.2) is 9.97 Å². The van der Waals surface area contributed by atoms with Gasteiger partial charge < -0.3 is 14.5 Å². The molecule has 1 fully saturated rings. The molecule has 8 nitrogen and oxygen atoms in total. The Morgan fingerprint density at radius 1 is 0.944 bits per heavy atom. The zero-order chi connectivity index (χ0) is 24.7. The maximum absolute atomic E-state index is 13.0. The smallest absolute Gasteiger partial charge is 0.246 e. The first-order valence-electron chi connectivity index (χ1n) is 11.9. The SMILES string of the molecule is COc1ccccc1-c1nn(Cc2ccccc2)cc1/C=C/C(=O)N1CCN(c2ncccn2)CC1. The lowest BCUT2D eigenvalue weighted by Gasteiger charge is -2.34. The van der Waals surface area contributed by atoms with Gasteiger partial charge in [0.1, 0.15) is 11.4 Å². The van der Waals surface area contributed by atoms with E-state index in [1.54, 1.807) is 31.6 Å². The third-order valence-electron chi connectivity index (χ3n) is 6.17. The third kappa shape index (κ3) is 5.27. The molecule has 0 saturated carbocycles. The molecule has 2 aromatic carbocycles. The Labute approximate surface area is 210 Å². The van der Waals surface area contributed by atoms with Crippen LogP contribution >= 0.6 is 0 Å². The topological polar surface area (TPSA) is 76.4 Å². The van der Waals surface area contributed by atoms with Gasteiger partial charge in [0.15, 0.2) is 0 Å². The molecule has 0 radical (unpaired) electrons. The fraction of sp³-hybridized carbons (Fsp3) is 0.214. The van der Waals surface area contributed by atoms with Crippen LogP contribution in [0.25, 0.3) is 17.3 Å². The van der Waals surface area contributed by atoms with Crippen molar-refractivity contribution in [1.82, 2.24) is 24.6 Å². The van der Waals surface area contributed by atoms with E-state index in [9.17, 15) is 4.79 Å². The molecule has 3 heterocycles. The van der Waals surface area contributed by atoms with Crippen molar-refractivity contribution >= 4 is 17.9 Å². The molecule has 1 amide bonds. The Kier molecular flexibility index (Phi) is 7.02. The van der Waals surface area contributed by atoms with Crippen LogP contribution in [0.5, 0.6) is 5.75 Å². The van der Waals surface area contributed by atoms with Crippen LogP contribution in [0.4, 0.5) is 5.95 Å². The van der Waals surface area contributed by atoms with E-state index >= 15 is 0 Å². The summed E-state index contributed by atoms with van der Waals surface area (Å²) in [4.78, 5) is 25.6. The molecule has 0 atom stereocenters. The number of rotatable bonds is 7. The Morgan fingerprint density at radius 3 is 2.42 bits per heavy atom. The first-order valence-corrected chi connectivity index (χ1v) is 11.9. The number of piperazine rings is 1. The lowest BCUT2D eigenvalue weighted by atomic mass is 10.1. The molecule has 5 rings (SSSR count). The van der Waals surface area contributed by atoms with Crippen LogP contribution in [-0.2, 0) is 11.3 Å². The number of carbonyl (C=O) groups excluding carboxylic acids is 1. The minimum Gasteiger partial charge on any atom is -0.496 e. The van der Waals surface area contributed by atoms with Gasteiger partial charge in [0.2, 0.25) is 11.9 Å². The summed E-state index contributed by atoms with van der Waals surface area (Å²) in [6.07, 6.45) is 8.94. The quantitative estimate of drug-likeness (QED) is 0.375. The Bertz CT molecular complexity index is 1330. The van der Waals surface area contributed by atoms with Crippen LogP contribution in [0.1, 0.15) is 11.1 Å². The monoisotopic (exact) mass is 480 g/mol. The molecule has 4 aromatic rings. The van der Waals surface area contributed by atoms with Gasteiger partial charge in [-0.1, -0.05) is 42.5 Å². The highest BCUT2D eigenvalue weighted by atomic mass is 16.5. The van der Waals surface area contributed by atoms with E-state index in [4.69, 9.17) is 9.84 Å². The van der Waals surface area contributed by atoms with Crippen LogP contribution in [0.2, 0.25) is 0 Å². The number of amides is 1. The first kappa shape index (κ1) is 23.3. The Balaban J connectivity index is 1.35. The van der Waals surface area contributed by atoms with Crippen molar-refractivity contribution in [2.75, 3.05) is 38.2 Å². The van der Waals surface area contributed by atoms with E-state index in [0.29, 0.717) is 38.7 Å². The summed E-state index contributed by atoms with van der Waals surface area (Å²) in [5.41, 5.74) is 3.67. The molecule has 36 heavy (non-hydrogen) atoms. The third-order valence-corrected chi connectivity index (χ3v) is 6.17. The predicted octanol–water partition coefficient (Wildman–Crippen LogP) is 3.76. The van der Waals surface area contributed by atoms with E-state index in [-0.39, 0.29) is 5.91 Å². The maximum Gasteiger partial charge on any atom is 0.246 e. The number of hydrogen-bond acceptors (Lipinski definition) is 6. The van der Waals surface area contributed by atoms with E-state index in [0.717, 1.165) is 28.1 Å². The zero-order valence-electron chi connectivity index (χ0n) is 20.2. The largest absolute Gasteiger partial charge is 0.496 e. The number of aromatic nitrogens is 4. The zero-order valence-corrected chi connectivity index (χ0v) is 20.2. The van der Waals surface area contributed by atoms with Crippen molar-refractivity contribution in [3.8, 4) is 17.0 Å². The molecule has 0 spiro atoms. The summed E-state index contributed by atoms with van der Waals surface area (Å²) >= 11 is 0. The molecule has 0 unspecified atom stereocenters. The molecular weight excluding hydrogens is 452 g/mol. The summed E-state index contributed by atoms with van der Waals surface area (Å²) in [7, 11) is 1.65. The number of carbonyl (C=O) groups is 1. The van der Waals surface area contributed by atoms with Crippen LogP contribution in [0.15, 0.2) is 85.3 Å². The minimum absolute atomic E-state index is 0.0228. The second kappa shape index (κ2) is 10.9. The van der Waals surface area contributed by atoms with E-state index in [2.05, 4.69) is 27.0 Å². The van der Waals surface area contributed by atoms with Crippen molar-refractivity contribution in [2.45, 2.75) is 6.54 Å². The second-order valence-electron chi connectivity index (χ2n) is 8.51. The fourth-order valence-electron chi connectivity index (χ4n) is 4.31. The fourth-order valence-corrected chi connectivity index (χ4v) is 4.31. The molecule has 2 aromatic heterocycles. The predicted molar refractivity (Wildman–Crippen MR) is 140 cm³/mol. The van der Waals surface area contributed by atoms with Gasteiger partial charge >= 0.3 is 0 Å². The number of para-hydroxylation sites is 1. The highest BCUT2D eigenvalue weighted by molar-refractivity contribution is 5.93. The van der Waals surface area contributed by atoms with Gasteiger partial charge in [0.05, 0.1) is 13.7 Å². The lowest BCUT2D eigenvalue weighted by Crippen LogP contribution is -2.48. The van der Waals surface area contributed by atoms with Gasteiger partial charge in [0, 0.05) is 62.0 Å². The van der Waals surface area contributed by atoms with Crippen molar-refractivity contribution in [2.24, 2.45) is 0 Å². The van der Waals surface area contributed by atoms with Gasteiger partial charge in [-0.3, -0.25) is 9.48 Å². The number of methoxy groups -OCH3 is 1. The first-order chi connectivity index (χ1) is 17.7. The molecule has 0 aliphatic carbocycles. The molecule has 182 valence electrons. The van der Waals surface area contributed by atoms with Crippen LogP contribution in [0.3, 0.4) is 0 Å². The second-order valence-corrected chi connectivity index (χ2v) is 8.51. The molecule has 0 N–H and O–H groups in total. The summed E-state index contributed by atoms with van der Waals surface area (Å²) in [6, 6.07) is 19.8. The number of anilines is 1. The van der Waals surface area contributed by atoms with Crippen LogP contribution in [-0.4, -0.2) is 63.8 Å².